The highest BCUT2D eigenvalue weighted by molar-refractivity contribution is 7.09. The molecule has 0 unspecified atom stereocenters. The molecule has 6 heteroatoms. The SMILES string of the molecule is Cc1csc(C2(NC(=O)[C@H](C)c3c(C)nn(C)c3C)CCCC2)n1. The van der Waals surface area contributed by atoms with Gasteiger partial charge in [-0.3, -0.25) is 9.48 Å². The van der Waals surface area contributed by atoms with Gasteiger partial charge >= 0.3 is 0 Å². The Morgan fingerprint density at radius 1 is 1.33 bits per heavy atom. The summed E-state index contributed by atoms with van der Waals surface area (Å²) >= 11 is 1.66. The summed E-state index contributed by atoms with van der Waals surface area (Å²) < 4.78 is 1.85. The normalized spacial score (nSPS) is 17.9. The highest BCUT2D eigenvalue weighted by Gasteiger charge is 2.40. The number of thiazole rings is 1. The fourth-order valence-electron chi connectivity index (χ4n) is 3.84. The van der Waals surface area contributed by atoms with Crippen LogP contribution in [0.4, 0.5) is 0 Å². The summed E-state index contributed by atoms with van der Waals surface area (Å²) in [5.74, 6) is -0.138. The largest absolute Gasteiger partial charge is 0.344 e. The zero-order valence-corrected chi connectivity index (χ0v) is 16.0. The van der Waals surface area contributed by atoms with Crippen LogP contribution in [0.5, 0.6) is 0 Å². The molecule has 2 heterocycles. The van der Waals surface area contributed by atoms with Gasteiger partial charge in [-0.05, 0) is 40.5 Å². The van der Waals surface area contributed by atoms with E-state index in [1.807, 2.05) is 39.4 Å². The van der Waals surface area contributed by atoms with Gasteiger partial charge in [0.2, 0.25) is 5.91 Å². The minimum absolute atomic E-state index is 0.0731. The molecular weight excluding hydrogens is 320 g/mol. The molecule has 5 nitrogen and oxygen atoms in total. The molecule has 0 spiro atoms. The lowest BCUT2D eigenvalue weighted by Gasteiger charge is -2.30. The molecule has 24 heavy (non-hydrogen) atoms. The summed E-state index contributed by atoms with van der Waals surface area (Å²) in [4.78, 5) is 17.7. The molecule has 0 saturated heterocycles. The van der Waals surface area contributed by atoms with Crippen molar-refractivity contribution in [3.05, 3.63) is 33.0 Å². The first-order chi connectivity index (χ1) is 11.3. The smallest absolute Gasteiger partial charge is 0.228 e. The Bertz CT molecular complexity index is 755. The van der Waals surface area contributed by atoms with E-state index in [0.717, 1.165) is 53.3 Å². The van der Waals surface area contributed by atoms with E-state index in [4.69, 9.17) is 0 Å². The average Bonchev–Trinajstić information content (AvgIpc) is 3.21. The van der Waals surface area contributed by atoms with Crippen molar-refractivity contribution in [1.82, 2.24) is 20.1 Å². The second kappa shape index (κ2) is 6.31. The van der Waals surface area contributed by atoms with Gasteiger partial charge in [-0.1, -0.05) is 12.8 Å². The van der Waals surface area contributed by atoms with E-state index in [1.54, 1.807) is 11.3 Å². The van der Waals surface area contributed by atoms with Crippen molar-refractivity contribution in [2.45, 2.75) is 64.8 Å². The van der Waals surface area contributed by atoms with Gasteiger partial charge in [0.1, 0.15) is 5.01 Å². The predicted octanol–water partition coefficient (Wildman–Crippen LogP) is 3.49. The van der Waals surface area contributed by atoms with E-state index in [-0.39, 0.29) is 17.4 Å². The molecule has 2 aromatic rings. The van der Waals surface area contributed by atoms with Crippen LogP contribution in [0.25, 0.3) is 0 Å². The Labute approximate surface area is 147 Å². The number of rotatable bonds is 4. The summed E-state index contributed by atoms with van der Waals surface area (Å²) in [5, 5.41) is 10.9. The molecule has 1 fully saturated rings. The Hall–Kier alpha value is -1.69. The summed E-state index contributed by atoms with van der Waals surface area (Å²) in [6.45, 7) is 7.98. The Morgan fingerprint density at radius 3 is 2.50 bits per heavy atom. The molecule has 0 aromatic carbocycles. The van der Waals surface area contributed by atoms with E-state index in [9.17, 15) is 4.79 Å². The molecule has 0 bridgehead atoms. The van der Waals surface area contributed by atoms with Crippen LogP contribution in [-0.2, 0) is 17.4 Å². The summed E-state index contributed by atoms with van der Waals surface area (Å²) in [6, 6.07) is 0. The van der Waals surface area contributed by atoms with Gasteiger partial charge in [-0.25, -0.2) is 4.98 Å². The van der Waals surface area contributed by atoms with E-state index in [0.29, 0.717) is 0 Å². The van der Waals surface area contributed by atoms with Crippen molar-refractivity contribution < 1.29 is 4.79 Å². The second-order valence-electron chi connectivity index (χ2n) is 7.00. The number of carbonyl (C=O) groups is 1. The standard InChI is InChI=1S/C18H26N4OS/c1-11-10-24-17(19-11)18(8-6-7-9-18)20-16(23)12(2)15-13(3)21-22(5)14(15)4/h10,12H,6-9H2,1-5H3,(H,20,23)/t12-/m1/s1. The Balaban J connectivity index is 1.86. The lowest BCUT2D eigenvalue weighted by atomic mass is 9.93. The van der Waals surface area contributed by atoms with Crippen LogP contribution < -0.4 is 5.32 Å². The fourth-order valence-corrected chi connectivity index (χ4v) is 4.85. The molecule has 1 aliphatic carbocycles. The lowest BCUT2D eigenvalue weighted by molar-refractivity contribution is -0.124. The molecule has 1 saturated carbocycles. The third-order valence-electron chi connectivity index (χ3n) is 5.24. The van der Waals surface area contributed by atoms with Crippen molar-refractivity contribution in [3.63, 3.8) is 0 Å². The van der Waals surface area contributed by atoms with Gasteiger partial charge in [-0.15, -0.1) is 11.3 Å². The van der Waals surface area contributed by atoms with E-state index >= 15 is 0 Å². The van der Waals surface area contributed by atoms with Gasteiger partial charge in [-0.2, -0.15) is 5.10 Å². The van der Waals surface area contributed by atoms with Crippen LogP contribution in [0.2, 0.25) is 0 Å². The number of hydrogen-bond acceptors (Lipinski definition) is 4. The highest BCUT2D eigenvalue weighted by atomic mass is 32.1. The number of aromatic nitrogens is 3. The topological polar surface area (TPSA) is 59.8 Å². The number of nitrogens with one attached hydrogen (secondary N) is 1. The average molecular weight is 347 g/mol. The first-order valence-electron chi connectivity index (χ1n) is 8.59. The van der Waals surface area contributed by atoms with Gasteiger partial charge in [0.15, 0.2) is 0 Å². The molecule has 0 aliphatic heterocycles. The van der Waals surface area contributed by atoms with Crippen LogP contribution in [0.1, 0.15) is 66.2 Å². The second-order valence-corrected chi connectivity index (χ2v) is 7.86. The summed E-state index contributed by atoms with van der Waals surface area (Å²) in [7, 11) is 1.92. The molecule has 1 amide bonds. The van der Waals surface area contributed by atoms with Crippen LogP contribution in [0.15, 0.2) is 5.38 Å². The maximum absolute atomic E-state index is 13.0. The zero-order chi connectivity index (χ0) is 17.5. The minimum atomic E-state index is -0.283. The Morgan fingerprint density at radius 2 is 2.00 bits per heavy atom. The monoisotopic (exact) mass is 346 g/mol. The minimum Gasteiger partial charge on any atom is -0.344 e. The quantitative estimate of drug-likeness (QED) is 0.922. The molecular formula is C18H26N4OS. The maximum Gasteiger partial charge on any atom is 0.228 e. The third-order valence-corrected chi connectivity index (χ3v) is 6.40. The molecule has 1 N–H and O–H groups in total. The van der Waals surface area contributed by atoms with E-state index < -0.39 is 0 Å². The maximum atomic E-state index is 13.0. The van der Waals surface area contributed by atoms with Crippen LogP contribution in [-0.4, -0.2) is 20.7 Å². The first kappa shape index (κ1) is 17.1. The van der Waals surface area contributed by atoms with Crippen molar-refractivity contribution in [1.29, 1.82) is 0 Å². The van der Waals surface area contributed by atoms with Crippen LogP contribution >= 0.6 is 11.3 Å². The number of hydrogen-bond donors (Lipinski definition) is 1. The molecule has 2 aromatic heterocycles. The molecule has 3 rings (SSSR count). The van der Waals surface area contributed by atoms with Crippen molar-refractivity contribution >= 4 is 17.2 Å². The fraction of sp³-hybridized carbons (Fsp3) is 0.611. The predicted molar refractivity (Wildman–Crippen MR) is 96.2 cm³/mol. The van der Waals surface area contributed by atoms with E-state index in [1.165, 1.54) is 0 Å². The number of nitrogens with zero attached hydrogens (tertiary/aromatic N) is 3. The Kier molecular flexibility index (Phi) is 4.51. The van der Waals surface area contributed by atoms with Crippen molar-refractivity contribution in [2.75, 3.05) is 0 Å². The van der Waals surface area contributed by atoms with Crippen LogP contribution in [0, 0.1) is 20.8 Å². The molecule has 1 aliphatic rings. The zero-order valence-electron chi connectivity index (χ0n) is 15.1. The number of carbonyl (C=O) groups excluding carboxylic acids is 1. The molecule has 130 valence electrons. The van der Waals surface area contributed by atoms with E-state index in [2.05, 4.69) is 20.8 Å². The summed E-state index contributed by atoms with van der Waals surface area (Å²) in [5.41, 5.74) is 3.78. The molecule has 1 atom stereocenters. The van der Waals surface area contributed by atoms with Gasteiger partial charge in [0.25, 0.3) is 0 Å². The van der Waals surface area contributed by atoms with Gasteiger partial charge in [0.05, 0.1) is 17.2 Å². The van der Waals surface area contributed by atoms with Crippen molar-refractivity contribution in [3.8, 4) is 0 Å². The number of aryl methyl sites for hydroxylation is 3. The summed E-state index contributed by atoms with van der Waals surface area (Å²) in [6.07, 6.45) is 4.23. The van der Waals surface area contributed by atoms with Crippen molar-refractivity contribution in [2.24, 2.45) is 7.05 Å². The molecule has 0 radical (unpaired) electrons. The van der Waals surface area contributed by atoms with Crippen LogP contribution in [0.3, 0.4) is 0 Å². The van der Waals surface area contributed by atoms with Gasteiger partial charge in [0, 0.05) is 29.4 Å². The first-order valence-corrected chi connectivity index (χ1v) is 9.47. The third kappa shape index (κ3) is 2.88. The lowest BCUT2D eigenvalue weighted by Crippen LogP contribution is -2.45. The highest BCUT2D eigenvalue weighted by Crippen LogP contribution is 2.40. The van der Waals surface area contributed by atoms with Gasteiger partial charge < -0.3 is 5.32 Å². The number of amides is 1.